The number of allylic oxidation sites excluding steroid dienone is 1. The minimum absolute atomic E-state index is 0.901. The Balaban J connectivity index is 1.75. The monoisotopic (exact) mass is 242 g/mol. The van der Waals surface area contributed by atoms with Crippen LogP contribution in [0.15, 0.2) is 42.3 Å². The summed E-state index contributed by atoms with van der Waals surface area (Å²) in [5.41, 5.74) is 2.80. The highest BCUT2D eigenvalue weighted by atomic mass is 16.5. The topological polar surface area (TPSA) is 24.5 Å². The van der Waals surface area contributed by atoms with Gasteiger partial charge >= 0.3 is 0 Å². The largest absolute Gasteiger partial charge is 0.458 e. The summed E-state index contributed by atoms with van der Waals surface area (Å²) in [6.07, 6.45) is 7.25. The van der Waals surface area contributed by atoms with Gasteiger partial charge in [-0.3, -0.25) is 0 Å². The van der Waals surface area contributed by atoms with E-state index >= 15 is 0 Å². The van der Waals surface area contributed by atoms with Crippen LogP contribution in [0.25, 0.3) is 0 Å². The zero-order valence-corrected chi connectivity index (χ0v) is 10.6. The Kier molecular flexibility index (Phi) is 3.07. The standard InChI is InChI=1S/C15H18N2O/c1-17-8-5-14(6-9-17)18-15-3-2-12-4-7-16-11-13(12)10-15/h2-3,5-6,8,10,16H,4,7,9,11H2,1H3. The van der Waals surface area contributed by atoms with Crippen LogP contribution in [0, 0.1) is 0 Å². The van der Waals surface area contributed by atoms with Gasteiger partial charge in [-0.1, -0.05) is 6.07 Å². The van der Waals surface area contributed by atoms with Crippen LogP contribution in [0.1, 0.15) is 11.1 Å². The first kappa shape index (κ1) is 11.4. The molecule has 0 saturated heterocycles. The summed E-state index contributed by atoms with van der Waals surface area (Å²) in [7, 11) is 2.05. The molecule has 3 rings (SSSR count). The molecule has 94 valence electrons. The Hall–Kier alpha value is -1.74. The van der Waals surface area contributed by atoms with E-state index in [1.54, 1.807) is 0 Å². The van der Waals surface area contributed by atoms with Crippen molar-refractivity contribution in [3.8, 4) is 5.75 Å². The third kappa shape index (κ3) is 2.41. The average Bonchev–Trinajstić information content (AvgIpc) is 2.41. The molecule has 0 aliphatic carbocycles. The first-order valence-corrected chi connectivity index (χ1v) is 6.40. The van der Waals surface area contributed by atoms with Crippen molar-refractivity contribution in [2.75, 3.05) is 20.1 Å². The highest BCUT2D eigenvalue weighted by Crippen LogP contribution is 2.23. The summed E-state index contributed by atoms with van der Waals surface area (Å²) in [4.78, 5) is 2.11. The molecular weight excluding hydrogens is 224 g/mol. The quantitative estimate of drug-likeness (QED) is 0.859. The molecule has 0 unspecified atom stereocenters. The van der Waals surface area contributed by atoms with E-state index in [0.29, 0.717) is 0 Å². The van der Waals surface area contributed by atoms with Crippen molar-refractivity contribution in [3.63, 3.8) is 0 Å². The van der Waals surface area contributed by atoms with Crippen molar-refractivity contribution in [1.82, 2.24) is 10.2 Å². The van der Waals surface area contributed by atoms with Crippen molar-refractivity contribution in [2.45, 2.75) is 13.0 Å². The molecule has 3 nitrogen and oxygen atoms in total. The maximum Gasteiger partial charge on any atom is 0.127 e. The fraction of sp³-hybridized carbons (Fsp3) is 0.333. The second-order valence-corrected chi connectivity index (χ2v) is 4.82. The Bertz CT molecular complexity index is 505. The molecule has 2 heterocycles. The van der Waals surface area contributed by atoms with Crippen LogP contribution in [-0.2, 0) is 13.0 Å². The van der Waals surface area contributed by atoms with Gasteiger partial charge in [-0.15, -0.1) is 0 Å². The minimum atomic E-state index is 0.901. The van der Waals surface area contributed by atoms with E-state index in [1.807, 2.05) is 19.3 Å². The van der Waals surface area contributed by atoms with Gasteiger partial charge in [0, 0.05) is 26.3 Å². The van der Waals surface area contributed by atoms with Crippen molar-refractivity contribution in [1.29, 1.82) is 0 Å². The Morgan fingerprint density at radius 1 is 1.28 bits per heavy atom. The summed E-state index contributed by atoms with van der Waals surface area (Å²) in [6, 6.07) is 6.40. The van der Waals surface area contributed by atoms with Crippen LogP contribution in [0.5, 0.6) is 5.75 Å². The van der Waals surface area contributed by atoms with E-state index in [4.69, 9.17) is 4.74 Å². The fourth-order valence-electron chi connectivity index (χ4n) is 2.30. The van der Waals surface area contributed by atoms with Gasteiger partial charge < -0.3 is 15.0 Å². The number of ether oxygens (including phenoxy) is 1. The molecule has 0 aromatic heterocycles. The van der Waals surface area contributed by atoms with Crippen LogP contribution < -0.4 is 10.1 Å². The van der Waals surface area contributed by atoms with Gasteiger partial charge in [0.2, 0.25) is 0 Å². The maximum absolute atomic E-state index is 5.89. The van der Waals surface area contributed by atoms with Gasteiger partial charge in [0.05, 0.1) is 0 Å². The molecule has 0 fully saturated rings. The molecule has 1 aromatic carbocycles. The number of likely N-dealkylation sites (N-methyl/N-ethyl adjacent to an activating group) is 1. The fourth-order valence-corrected chi connectivity index (χ4v) is 2.30. The van der Waals surface area contributed by atoms with Gasteiger partial charge in [-0.05, 0) is 48.4 Å². The third-order valence-electron chi connectivity index (χ3n) is 3.37. The molecule has 0 atom stereocenters. The van der Waals surface area contributed by atoms with Crippen LogP contribution in [0.4, 0.5) is 0 Å². The van der Waals surface area contributed by atoms with E-state index in [0.717, 1.165) is 37.6 Å². The van der Waals surface area contributed by atoms with E-state index in [1.165, 1.54) is 11.1 Å². The number of nitrogens with zero attached hydrogens (tertiary/aromatic N) is 1. The maximum atomic E-state index is 5.89. The number of hydrogen-bond acceptors (Lipinski definition) is 3. The Morgan fingerprint density at radius 3 is 3.06 bits per heavy atom. The highest BCUT2D eigenvalue weighted by molar-refractivity contribution is 5.38. The van der Waals surface area contributed by atoms with E-state index in [9.17, 15) is 0 Å². The van der Waals surface area contributed by atoms with E-state index in [-0.39, 0.29) is 0 Å². The van der Waals surface area contributed by atoms with Crippen molar-refractivity contribution >= 4 is 0 Å². The van der Waals surface area contributed by atoms with E-state index in [2.05, 4.69) is 34.5 Å². The van der Waals surface area contributed by atoms with Gasteiger partial charge in [0.25, 0.3) is 0 Å². The van der Waals surface area contributed by atoms with Gasteiger partial charge in [-0.2, -0.15) is 0 Å². The first-order chi connectivity index (χ1) is 8.81. The van der Waals surface area contributed by atoms with Gasteiger partial charge in [0.15, 0.2) is 0 Å². The van der Waals surface area contributed by atoms with Gasteiger partial charge in [0.1, 0.15) is 11.5 Å². The van der Waals surface area contributed by atoms with Crippen LogP contribution in [-0.4, -0.2) is 25.0 Å². The Labute approximate surface area is 108 Å². The zero-order chi connectivity index (χ0) is 12.4. The summed E-state index contributed by atoms with van der Waals surface area (Å²) in [6.45, 7) is 2.93. The van der Waals surface area contributed by atoms with Crippen LogP contribution in [0.2, 0.25) is 0 Å². The van der Waals surface area contributed by atoms with Crippen molar-refractivity contribution < 1.29 is 4.74 Å². The SMILES string of the molecule is CN1C=CC(Oc2ccc3c(c2)CNCC3)=CC1. The molecule has 0 bridgehead atoms. The lowest BCUT2D eigenvalue weighted by Crippen LogP contribution is -2.23. The second kappa shape index (κ2) is 4.86. The molecule has 0 radical (unpaired) electrons. The Morgan fingerprint density at radius 2 is 2.22 bits per heavy atom. The van der Waals surface area contributed by atoms with Crippen molar-refractivity contribution in [3.05, 3.63) is 53.4 Å². The lowest BCUT2D eigenvalue weighted by Gasteiger charge is -2.20. The molecule has 0 spiro atoms. The third-order valence-corrected chi connectivity index (χ3v) is 3.37. The number of fused-ring (bicyclic) bond motifs is 1. The molecule has 0 saturated carbocycles. The average molecular weight is 242 g/mol. The molecule has 3 heteroatoms. The lowest BCUT2D eigenvalue weighted by atomic mass is 10.0. The number of nitrogens with one attached hydrogen (secondary N) is 1. The molecule has 18 heavy (non-hydrogen) atoms. The number of benzene rings is 1. The van der Waals surface area contributed by atoms with Crippen LogP contribution >= 0.6 is 0 Å². The minimum Gasteiger partial charge on any atom is -0.458 e. The lowest BCUT2D eigenvalue weighted by molar-refractivity contribution is 0.414. The van der Waals surface area contributed by atoms with E-state index < -0.39 is 0 Å². The zero-order valence-electron chi connectivity index (χ0n) is 10.6. The molecule has 2 aliphatic heterocycles. The number of hydrogen-bond donors (Lipinski definition) is 1. The molecule has 1 N–H and O–H groups in total. The summed E-state index contributed by atoms with van der Waals surface area (Å²) in [5, 5.41) is 3.39. The summed E-state index contributed by atoms with van der Waals surface area (Å²) >= 11 is 0. The highest BCUT2D eigenvalue weighted by Gasteiger charge is 2.10. The molecule has 1 aromatic rings. The smallest absolute Gasteiger partial charge is 0.127 e. The molecule has 2 aliphatic rings. The molecule has 0 amide bonds. The summed E-state index contributed by atoms with van der Waals surface area (Å²) in [5.74, 6) is 1.86. The van der Waals surface area contributed by atoms with Crippen molar-refractivity contribution in [2.24, 2.45) is 0 Å². The first-order valence-electron chi connectivity index (χ1n) is 6.40. The predicted octanol–water partition coefficient (Wildman–Crippen LogP) is 2.05. The van der Waals surface area contributed by atoms with Gasteiger partial charge in [-0.25, -0.2) is 0 Å². The second-order valence-electron chi connectivity index (χ2n) is 4.82. The molecular formula is C15H18N2O. The summed E-state index contributed by atoms with van der Waals surface area (Å²) < 4.78 is 5.89. The number of rotatable bonds is 2. The predicted molar refractivity (Wildman–Crippen MR) is 72.3 cm³/mol. The normalized spacial score (nSPS) is 18.3. The van der Waals surface area contributed by atoms with Crippen LogP contribution in [0.3, 0.4) is 0 Å².